The van der Waals surface area contributed by atoms with E-state index < -0.39 is 0 Å². The SMILES string of the molecule is CCC(CCO)NCC1CC2C=CC1C2. The second-order valence-corrected chi connectivity index (χ2v) is 5.07. The van der Waals surface area contributed by atoms with Gasteiger partial charge in [-0.2, -0.15) is 0 Å². The van der Waals surface area contributed by atoms with Gasteiger partial charge in [0.2, 0.25) is 0 Å². The molecule has 4 atom stereocenters. The summed E-state index contributed by atoms with van der Waals surface area (Å²) < 4.78 is 0. The summed E-state index contributed by atoms with van der Waals surface area (Å²) >= 11 is 0. The molecule has 86 valence electrons. The molecule has 0 saturated heterocycles. The molecule has 2 aliphatic carbocycles. The lowest BCUT2D eigenvalue weighted by molar-refractivity contribution is 0.256. The lowest BCUT2D eigenvalue weighted by Gasteiger charge is -2.22. The predicted octanol–water partition coefficient (Wildman–Crippen LogP) is 1.95. The van der Waals surface area contributed by atoms with E-state index in [1.54, 1.807) is 0 Å². The van der Waals surface area contributed by atoms with Crippen LogP contribution in [-0.2, 0) is 0 Å². The molecule has 0 amide bonds. The fourth-order valence-corrected chi connectivity index (χ4v) is 3.05. The largest absolute Gasteiger partial charge is 0.396 e. The highest BCUT2D eigenvalue weighted by Crippen LogP contribution is 2.42. The topological polar surface area (TPSA) is 32.3 Å². The van der Waals surface area contributed by atoms with Crippen molar-refractivity contribution in [2.75, 3.05) is 13.2 Å². The van der Waals surface area contributed by atoms with Crippen LogP contribution in [0.25, 0.3) is 0 Å². The molecule has 1 saturated carbocycles. The van der Waals surface area contributed by atoms with Gasteiger partial charge < -0.3 is 10.4 Å². The Kier molecular flexibility index (Phi) is 3.81. The van der Waals surface area contributed by atoms with Gasteiger partial charge in [-0.1, -0.05) is 19.1 Å². The number of rotatable bonds is 6. The standard InChI is InChI=1S/C13H23NO/c1-2-13(5-6-15)14-9-12-8-10-3-4-11(12)7-10/h3-4,10-15H,2,5-9H2,1H3. The van der Waals surface area contributed by atoms with E-state index in [1.807, 2.05) is 0 Å². The molecule has 0 spiro atoms. The highest BCUT2D eigenvalue weighted by atomic mass is 16.3. The van der Waals surface area contributed by atoms with Gasteiger partial charge in [-0.3, -0.25) is 0 Å². The molecule has 0 aromatic heterocycles. The molecule has 4 unspecified atom stereocenters. The molecule has 0 aliphatic heterocycles. The molecular formula is C13H23NO. The highest BCUT2D eigenvalue weighted by molar-refractivity contribution is 5.10. The second-order valence-electron chi connectivity index (χ2n) is 5.07. The van der Waals surface area contributed by atoms with Crippen molar-refractivity contribution in [3.63, 3.8) is 0 Å². The maximum Gasteiger partial charge on any atom is 0.0445 e. The summed E-state index contributed by atoms with van der Waals surface area (Å²) in [6.45, 7) is 3.64. The van der Waals surface area contributed by atoms with Gasteiger partial charge in [-0.05, 0) is 50.0 Å². The van der Waals surface area contributed by atoms with Gasteiger partial charge in [0.25, 0.3) is 0 Å². The zero-order chi connectivity index (χ0) is 10.7. The fraction of sp³-hybridized carbons (Fsp3) is 0.846. The molecule has 0 radical (unpaired) electrons. The average Bonchev–Trinajstić information content (AvgIpc) is 2.85. The molecule has 0 aromatic rings. The summed E-state index contributed by atoms with van der Waals surface area (Å²) in [6.07, 6.45) is 9.59. The molecular weight excluding hydrogens is 186 g/mol. The highest BCUT2D eigenvalue weighted by Gasteiger charge is 2.35. The van der Waals surface area contributed by atoms with Crippen LogP contribution in [0.4, 0.5) is 0 Å². The van der Waals surface area contributed by atoms with E-state index in [2.05, 4.69) is 24.4 Å². The van der Waals surface area contributed by atoms with Crippen LogP contribution in [0.3, 0.4) is 0 Å². The van der Waals surface area contributed by atoms with Gasteiger partial charge in [0, 0.05) is 12.6 Å². The van der Waals surface area contributed by atoms with E-state index in [0.29, 0.717) is 12.6 Å². The molecule has 1 fully saturated rings. The summed E-state index contributed by atoms with van der Waals surface area (Å²) in [4.78, 5) is 0. The van der Waals surface area contributed by atoms with E-state index in [-0.39, 0.29) is 0 Å². The van der Waals surface area contributed by atoms with E-state index in [4.69, 9.17) is 5.11 Å². The Morgan fingerprint density at radius 3 is 2.80 bits per heavy atom. The Hall–Kier alpha value is -0.340. The Balaban J connectivity index is 1.71. The predicted molar refractivity (Wildman–Crippen MR) is 62.6 cm³/mol. The normalized spacial score (nSPS) is 34.9. The number of fused-ring (bicyclic) bond motifs is 2. The van der Waals surface area contributed by atoms with Gasteiger partial charge in [-0.15, -0.1) is 0 Å². The van der Waals surface area contributed by atoms with E-state index in [0.717, 1.165) is 37.1 Å². The van der Waals surface area contributed by atoms with Crippen LogP contribution in [-0.4, -0.2) is 24.3 Å². The number of aliphatic hydroxyl groups excluding tert-OH is 1. The van der Waals surface area contributed by atoms with Gasteiger partial charge in [-0.25, -0.2) is 0 Å². The molecule has 0 heterocycles. The van der Waals surface area contributed by atoms with Gasteiger partial charge >= 0.3 is 0 Å². The summed E-state index contributed by atoms with van der Waals surface area (Å²) in [5.41, 5.74) is 0. The van der Waals surface area contributed by atoms with Crippen molar-refractivity contribution in [2.24, 2.45) is 17.8 Å². The van der Waals surface area contributed by atoms with E-state index in [9.17, 15) is 0 Å². The van der Waals surface area contributed by atoms with E-state index >= 15 is 0 Å². The third kappa shape index (κ3) is 2.61. The van der Waals surface area contributed by atoms with Crippen molar-refractivity contribution in [1.29, 1.82) is 0 Å². The minimum atomic E-state index is 0.308. The minimum absolute atomic E-state index is 0.308. The summed E-state index contributed by atoms with van der Waals surface area (Å²) in [5.74, 6) is 2.57. The number of hydrogen-bond acceptors (Lipinski definition) is 2. The van der Waals surface area contributed by atoms with Crippen LogP contribution in [0, 0.1) is 17.8 Å². The number of aliphatic hydroxyl groups is 1. The summed E-state index contributed by atoms with van der Waals surface area (Å²) in [7, 11) is 0. The van der Waals surface area contributed by atoms with Crippen LogP contribution in [0.1, 0.15) is 32.6 Å². The lowest BCUT2D eigenvalue weighted by atomic mass is 9.93. The first kappa shape index (κ1) is 11.2. The zero-order valence-electron chi connectivity index (χ0n) is 9.65. The first-order valence-electron chi connectivity index (χ1n) is 6.36. The Morgan fingerprint density at radius 2 is 2.27 bits per heavy atom. The Bertz CT molecular complexity index is 227. The summed E-state index contributed by atoms with van der Waals surface area (Å²) in [5, 5.41) is 12.5. The van der Waals surface area contributed by atoms with Crippen molar-refractivity contribution in [3.05, 3.63) is 12.2 Å². The minimum Gasteiger partial charge on any atom is -0.396 e. The quantitative estimate of drug-likeness (QED) is 0.655. The van der Waals surface area contributed by atoms with Crippen molar-refractivity contribution >= 4 is 0 Å². The third-order valence-corrected chi connectivity index (χ3v) is 4.06. The molecule has 2 heteroatoms. The van der Waals surface area contributed by atoms with Gasteiger partial charge in [0.1, 0.15) is 0 Å². The first-order chi connectivity index (χ1) is 7.33. The van der Waals surface area contributed by atoms with Crippen molar-refractivity contribution in [1.82, 2.24) is 5.32 Å². The number of nitrogens with one attached hydrogen (secondary N) is 1. The fourth-order valence-electron chi connectivity index (χ4n) is 3.05. The molecule has 2 aliphatic rings. The van der Waals surface area contributed by atoms with Crippen LogP contribution < -0.4 is 5.32 Å². The molecule has 2 nitrogen and oxygen atoms in total. The molecule has 2 rings (SSSR count). The smallest absolute Gasteiger partial charge is 0.0445 e. The van der Waals surface area contributed by atoms with Crippen LogP contribution >= 0.6 is 0 Å². The monoisotopic (exact) mass is 209 g/mol. The average molecular weight is 209 g/mol. The number of hydrogen-bond donors (Lipinski definition) is 2. The Morgan fingerprint density at radius 1 is 1.40 bits per heavy atom. The van der Waals surface area contributed by atoms with Crippen LogP contribution in [0.5, 0.6) is 0 Å². The first-order valence-corrected chi connectivity index (χ1v) is 6.36. The van der Waals surface area contributed by atoms with Crippen molar-refractivity contribution in [3.8, 4) is 0 Å². The van der Waals surface area contributed by atoms with Crippen LogP contribution in [0.15, 0.2) is 12.2 Å². The number of allylic oxidation sites excluding steroid dienone is 2. The molecule has 0 aromatic carbocycles. The summed E-state index contributed by atoms with van der Waals surface area (Å²) in [6, 6.07) is 0.512. The van der Waals surface area contributed by atoms with Gasteiger partial charge in [0.05, 0.1) is 0 Å². The van der Waals surface area contributed by atoms with Crippen LogP contribution in [0.2, 0.25) is 0 Å². The Labute approximate surface area is 92.8 Å². The molecule has 2 N–H and O–H groups in total. The van der Waals surface area contributed by atoms with E-state index in [1.165, 1.54) is 12.8 Å². The van der Waals surface area contributed by atoms with Crippen molar-refractivity contribution in [2.45, 2.75) is 38.6 Å². The maximum absolute atomic E-state index is 8.91. The molecule has 2 bridgehead atoms. The second kappa shape index (κ2) is 5.13. The molecule has 15 heavy (non-hydrogen) atoms. The zero-order valence-corrected chi connectivity index (χ0v) is 9.65. The maximum atomic E-state index is 8.91. The van der Waals surface area contributed by atoms with Gasteiger partial charge in [0.15, 0.2) is 0 Å². The third-order valence-electron chi connectivity index (χ3n) is 4.06. The van der Waals surface area contributed by atoms with Crippen molar-refractivity contribution < 1.29 is 5.11 Å². The lowest BCUT2D eigenvalue weighted by Crippen LogP contribution is -2.34.